The lowest BCUT2D eigenvalue weighted by Crippen LogP contribution is -2.45. The number of nitrogens with zero attached hydrogens (tertiary/aromatic N) is 1. The number of carbonyl (C=O) groups is 2. The van der Waals surface area contributed by atoms with Gasteiger partial charge < -0.3 is 10.2 Å². The van der Waals surface area contributed by atoms with Crippen LogP contribution < -0.4 is 5.32 Å². The first-order chi connectivity index (χ1) is 17.8. The molecule has 1 N–H and O–H groups in total. The molecule has 39 heavy (non-hydrogen) atoms. The Morgan fingerprint density at radius 1 is 1.03 bits per heavy atom. The van der Waals surface area contributed by atoms with Gasteiger partial charge in [0.15, 0.2) is 5.78 Å². The van der Waals surface area contributed by atoms with Gasteiger partial charge in [-0.15, -0.1) is 0 Å². The zero-order chi connectivity index (χ0) is 30.1. The third-order valence-electron chi connectivity index (χ3n) is 7.82. The standard InChI is InChI=1S/C35H60N2O2/c1-13-21-34(9,10)28(20-18-22-32(3,4)5)30(38)27(2)19-16-14-15-17-24-36-31(39)29-26-37(33(6,7)8)25-23-35(29,11)12/h18,20,22,26H,2,13-17,19,21,23-25H2,1,3-12H3,(H,36,39)/b22-18-,28-20-. The Morgan fingerprint density at radius 2 is 1.64 bits per heavy atom. The van der Waals surface area contributed by atoms with Crippen LogP contribution in [0.4, 0.5) is 0 Å². The van der Waals surface area contributed by atoms with Gasteiger partial charge in [-0.2, -0.15) is 0 Å². The van der Waals surface area contributed by atoms with E-state index in [1.807, 2.05) is 12.2 Å². The number of amides is 1. The monoisotopic (exact) mass is 540 g/mol. The number of nitrogens with one attached hydrogen (secondary N) is 1. The summed E-state index contributed by atoms with van der Waals surface area (Å²) in [5.74, 6) is 0.161. The molecule has 0 aromatic carbocycles. The van der Waals surface area contributed by atoms with Gasteiger partial charge in [0.05, 0.1) is 0 Å². The molecule has 0 spiro atoms. The van der Waals surface area contributed by atoms with E-state index in [4.69, 9.17) is 0 Å². The smallest absolute Gasteiger partial charge is 0.249 e. The Balaban J connectivity index is 2.58. The van der Waals surface area contributed by atoms with Gasteiger partial charge in [0.2, 0.25) is 5.91 Å². The van der Waals surface area contributed by atoms with Gasteiger partial charge in [0.1, 0.15) is 0 Å². The van der Waals surface area contributed by atoms with Crippen LogP contribution in [0.15, 0.2) is 47.7 Å². The molecule has 0 radical (unpaired) electrons. The fourth-order valence-electron chi connectivity index (χ4n) is 5.04. The quantitative estimate of drug-likeness (QED) is 0.136. The van der Waals surface area contributed by atoms with E-state index >= 15 is 0 Å². The van der Waals surface area contributed by atoms with Crippen molar-refractivity contribution >= 4 is 11.7 Å². The summed E-state index contributed by atoms with van der Waals surface area (Å²) < 4.78 is 0. The summed E-state index contributed by atoms with van der Waals surface area (Å²) in [5.41, 5.74) is 2.25. The van der Waals surface area contributed by atoms with E-state index in [0.717, 1.165) is 69.1 Å². The summed E-state index contributed by atoms with van der Waals surface area (Å²) in [6, 6.07) is 0. The maximum absolute atomic E-state index is 13.4. The first kappa shape index (κ1) is 34.9. The molecule has 4 nitrogen and oxygen atoms in total. The van der Waals surface area contributed by atoms with Crippen molar-refractivity contribution in [1.82, 2.24) is 10.2 Å². The van der Waals surface area contributed by atoms with Crippen LogP contribution in [-0.4, -0.2) is 35.2 Å². The van der Waals surface area contributed by atoms with Gasteiger partial charge in [-0.3, -0.25) is 9.59 Å². The fourth-order valence-corrected chi connectivity index (χ4v) is 5.04. The van der Waals surface area contributed by atoms with E-state index in [9.17, 15) is 9.59 Å². The highest BCUT2D eigenvalue weighted by molar-refractivity contribution is 6.08. The van der Waals surface area contributed by atoms with Crippen molar-refractivity contribution in [2.75, 3.05) is 13.1 Å². The molecule has 0 fully saturated rings. The lowest BCUT2D eigenvalue weighted by atomic mass is 9.76. The Bertz CT molecular complexity index is 933. The molecule has 222 valence electrons. The topological polar surface area (TPSA) is 49.4 Å². The van der Waals surface area contributed by atoms with Crippen molar-refractivity contribution in [2.45, 2.75) is 133 Å². The third kappa shape index (κ3) is 11.9. The van der Waals surface area contributed by atoms with Crippen molar-refractivity contribution in [1.29, 1.82) is 0 Å². The molecule has 0 saturated carbocycles. The molecular formula is C35H60N2O2. The SMILES string of the molecule is C=C(CCCCCCNC(=O)C1=CN(C(C)(C)C)CCC1(C)C)C(=O)/C(=C/C=C\C(C)(C)C)C(C)(C)CCC. The molecule has 1 aliphatic rings. The lowest BCUT2D eigenvalue weighted by molar-refractivity contribution is -0.119. The molecule has 0 aromatic rings. The highest BCUT2D eigenvalue weighted by Crippen LogP contribution is 2.37. The van der Waals surface area contributed by atoms with Crippen molar-refractivity contribution in [3.05, 3.63) is 47.7 Å². The minimum absolute atomic E-state index is 0.0128. The second-order valence-electron chi connectivity index (χ2n) is 14.8. The van der Waals surface area contributed by atoms with Gasteiger partial charge >= 0.3 is 0 Å². The Hall–Kier alpha value is -2.10. The van der Waals surface area contributed by atoms with Crippen LogP contribution in [-0.2, 0) is 9.59 Å². The molecule has 1 rings (SSSR count). The molecule has 0 aromatic heterocycles. The first-order valence-electron chi connectivity index (χ1n) is 15.2. The molecular weight excluding hydrogens is 480 g/mol. The second-order valence-corrected chi connectivity index (χ2v) is 14.8. The number of rotatable bonds is 14. The minimum atomic E-state index is -0.179. The van der Waals surface area contributed by atoms with Crippen LogP contribution >= 0.6 is 0 Å². The predicted molar refractivity (Wildman–Crippen MR) is 169 cm³/mol. The first-order valence-corrected chi connectivity index (χ1v) is 15.2. The van der Waals surface area contributed by atoms with Crippen LogP contribution in [0, 0.1) is 16.2 Å². The molecule has 1 heterocycles. The number of carbonyl (C=O) groups excluding carboxylic acids is 2. The van der Waals surface area contributed by atoms with Crippen LogP contribution in [0.5, 0.6) is 0 Å². The highest BCUT2D eigenvalue weighted by atomic mass is 16.1. The third-order valence-corrected chi connectivity index (χ3v) is 7.82. The molecule has 0 aliphatic carbocycles. The highest BCUT2D eigenvalue weighted by Gasteiger charge is 2.35. The van der Waals surface area contributed by atoms with Crippen LogP contribution in [0.1, 0.15) is 128 Å². The van der Waals surface area contributed by atoms with E-state index in [1.54, 1.807) is 0 Å². The largest absolute Gasteiger partial charge is 0.372 e. The Kier molecular flexibility index (Phi) is 13.0. The van der Waals surface area contributed by atoms with Crippen LogP contribution in [0.3, 0.4) is 0 Å². The molecule has 1 aliphatic heterocycles. The molecule has 1 amide bonds. The van der Waals surface area contributed by atoms with Crippen LogP contribution in [0.2, 0.25) is 0 Å². The predicted octanol–water partition coefficient (Wildman–Crippen LogP) is 8.95. The van der Waals surface area contributed by atoms with Gasteiger partial charge in [-0.1, -0.05) is 99.5 Å². The van der Waals surface area contributed by atoms with E-state index in [-0.39, 0.29) is 33.5 Å². The van der Waals surface area contributed by atoms with Gasteiger partial charge in [-0.05, 0) is 74.7 Å². The molecule has 0 bridgehead atoms. The van der Waals surface area contributed by atoms with E-state index in [2.05, 4.69) is 105 Å². The maximum atomic E-state index is 13.4. The summed E-state index contributed by atoms with van der Waals surface area (Å²) >= 11 is 0. The summed E-state index contributed by atoms with van der Waals surface area (Å²) in [6.45, 7) is 29.7. The fraction of sp³-hybridized carbons (Fsp3) is 0.714. The van der Waals surface area contributed by atoms with E-state index in [1.165, 1.54) is 0 Å². The van der Waals surface area contributed by atoms with Gasteiger partial charge in [-0.25, -0.2) is 0 Å². The number of unbranched alkanes of at least 4 members (excludes halogenated alkanes) is 3. The summed E-state index contributed by atoms with van der Waals surface area (Å²) in [6.07, 6.45) is 15.9. The normalized spacial score (nSPS) is 16.8. The number of Topliss-reactive ketones (excluding diaryl/α,β-unsaturated/α-hetero) is 1. The molecule has 0 saturated heterocycles. The van der Waals surface area contributed by atoms with Crippen molar-refractivity contribution < 1.29 is 9.59 Å². The number of ketones is 1. The minimum Gasteiger partial charge on any atom is -0.372 e. The second kappa shape index (κ2) is 14.5. The number of hydrogen-bond acceptors (Lipinski definition) is 3. The van der Waals surface area contributed by atoms with E-state index < -0.39 is 0 Å². The van der Waals surface area contributed by atoms with E-state index in [0.29, 0.717) is 12.1 Å². The average molecular weight is 541 g/mol. The van der Waals surface area contributed by atoms with Gasteiger partial charge in [0, 0.05) is 36.0 Å². The zero-order valence-electron chi connectivity index (χ0n) is 27.4. The Morgan fingerprint density at radius 3 is 2.21 bits per heavy atom. The lowest BCUT2D eigenvalue weighted by Gasteiger charge is -2.43. The Labute approximate surface area is 241 Å². The van der Waals surface area contributed by atoms with Crippen molar-refractivity contribution in [2.24, 2.45) is 16.2 Å². The number of allylic oxidation sites excluding steroid dienone is 5. The van der Waals surface area contributed by atoms with Gasteiger partial charge in [0.25, 0.3) is 0 Å². The summed E-state index contributed by atoms with van der Waals surface area (Å²) in [7, 11) is 0. The van der Waals surface area contributed by atoms with Crippen molar-refractivity contribution in [3.8, 4) is 0 Å². The molecule has 0 atom stereocenters. The van der Waals surface area contributed by atoms with Crippen LogP contribution in [0.25, 0.3) is 0 Å². The molecule has 4 heteroatoms. The van der Waals surface area contributed by atoms with Crippen molar-refractivity contribution in [3.63, 3.8) is 0 Å². The summed E-state index contributed by atoms with van der Waals surface area (Å²) in [5, 5.41) is 3.15. The summed E-state index contributed by atoms with van der Waals surface area (Å²) in [4.78, 5) is 28.7. The zero-order valence-corrected chi connectivity index (χ0v) is 27.4. The number of hydrogen-bond donors (Lipinski definition) is 1. The maximum Gasteiger partial charge on any atom is 0.249 e. The molecule has 0 unspecified atom stereocenters. The average Bonchev–Trinajstić information content (AvgIpc) is 2.78.